The highest BCUT2D eigenvalue weighted by Crippen LogP contribution is 2.34. The molecule has 1 unspecified atom stereocenters. The van der Waals surface area contributed by atoms with Crippen molar-refractivity contribution in [2.24, 2.45) is 5.92 Å². The van der Waals surface area contributed by atoms with Gasteiger partial charge in [0, 0.05) is 18.4 Å². The van der Waals surface area contributed by atoms with Crippen LogP contribution < -0.4 is 0 Å². The van der Waals surface area contributed by atoms with Gasteiger partial charge in [-0.25, -0.2) is 0 Å². The van der Waals surface area contributed by atoms with Crippen molar-refractivity contribution in [1.82, 2.24) is 0 Å². The first kappa shape index (κ1) is 9.00. The van der Waals surface area contributed by atoms with Crippen LogP contribution in [-0.2, 0) is 9.53 Å². The van der Waals surface area contributed by atoms with Crippen LogP contribution in [-0.4, -0.2) is 5.78 Å². The summed E-state index contributed by atoms with van der Waals surface area (Å²) in [4.78, 5) is 10.9. The van der Waals surface area contributed by atoms with E-state index in [1.807, 2.05) is 24.3 Å². The SMILES string of the molecule is CC(=O)/C=C1\CC2C=CC=CC=C2O1. The van der Waals surface area contributed by atoms with Crippen LogP contribution in [0.5, 0.6) is 0 Å². The third-order valence-corrected chi connectivity index (χ3v) is 2.23. The van der Waals surface area contributed by atoms with Crippen LogP contribution in [0.2, 0.25) is 0 Å². The van der Waals surface area contributed by atoms with Crippen LogP contribution >= 0.6 is 0 Å². The van der Waals surface area contributed by atoms with Crippen molar-refractivity contribution >= 4 is 5.78 Å². The molecule has 0 bridgehead atoms. The number of allylic oxidation sites excluding steroid dienone is 7. The van der Waals surface area contributed by atoms with E-state index in [-0.39, 0.29) is 5.78 Å². The zero-order valence-electron chi connectivity index (χ0n) is 8.07. The van der Waals surface area contributed by atoms with E-state index in [1.54, 1.807) is 6.08 Å². The van der Waals surface area contributed by atoms with E-state index in [1.165, 1.54) is 6.92 Å². The Hall–Kier alpha value is -1.57. The van der Waals surface area contributed by atoms with E-state index in [9.17, 15) is 4.79 Å². The second-order valence-corrected chi connectivity index (χ2v) is 3.47. The fraction of sp³-hybridized carbons (Fsp3) is 0.250. The molecule has 1 heterocycles. The van der Waals surface area contributed by atoms with Gasteiger partial charge in [0.2, 0.25) is 0 Å². The molecule has 1 aliphatic heterocycles. The van der Waals surface area contributed by atoms with Gasteiger partial charge in [0.05, 0.1) is 0 Å². The summed E-state index contributed by atoms with van der Waals surface area (Å²) in [5.74, 6) is 2.04. The molecule has 0 aromatic heterocycles. The number of rotatable bonds is 1. The molecule has 0 amide bonds. The molecule has 72 valence electrons. The molecule has 2 nitrogen and oxygen atoms in total. The van der Waals surface area contributed by atoms with Crippen LogP contribution in [0, 0.1) is 5.92 Å². The Morgan fingerprint density at radius 2 is 2.36 bits per heavy atom. The summed E-state index contributed by atoms with van der Waals surface area (Å²) in [7, 11) is 0. The van der Waals surface area contributed by atoms with Crippen LogP contribution in [0.15, 0.2) is 48.0 Å². The molecule has 0 aromatic carbocycles. The normalized spacial score (nSPS) is 26.8. The van der Waals surface area contributed by atoms with Crippen molar-refractivity contribution in [2.75, 3.05) is 0 Å². The maximum atomic E-state index is 10.9. The number of carbonyl (C=O) groups is 1. The van der Waals surface area contributed by atoms with Crippen molar-refractivity contribution in [1.29, 1.82) is 0 Å². The van der Waals surface area contributed by atoms with Crippen molar-refractivity contribution in [3.05, 3.63) is 48.0 Å². The lowest BCUT2D eigenvalue weighted by Crippen LogP contribution is -1.90. The van der Waals surface area contributed by atoms with Gasteiger partial charge in [0.25, 0.3) is 0 Å². The number of carbonyl (C=O) groups excluding carboxylic acids is 1. The Morgan fingerprint density at radius 1 is 1.50 bits per heavy atom. The van der Waals surface area contributed by atoms with Gasteiger partial charge >= 0.3 is 0 Å². The standard InChI is InChI=1S/C12H12O2/c1-9(13)7-11-8-10-5-3-2-4-6-12(10)14-11/h2-7,10H,8H2,1H3/b11-7+. The van der Waals surface area contributed by atoms with E-state index in [0.717, 1.165) is 17.9 Å². The Kier molecular flexibility index (Phi) is 2.35. The van der Waals surface area contributed by atoms with Gasteiger partial charge in [-0.2, -0.15) is 0 Å². The van der Waals surface area contributed by atoms with E-state index >= 15 is 0 Å². The molecule has 0 spiro atoms. The number of fused-ring (bicyclic) bond motifs is 1. The molecule has 2 rings (SSSR count). The quantitative estimate of drug-likeness (QED) is 0.591. The zero-order valence-corrected chi connectivity index (χ0v) is 8.07. The third kappa shape index (κ3) is 1.84. The van der Waals surface area contributed by atoms with Gasteiger partial charge in [-0.3, -0.25) is 4.79 Å². The number of hydrogen-bond donors (Lipinski definition) is 0. The highest BCUT2D eigenvalue weighted by Gasteiger charge is 2.24. The van der Waals surface area contributed by atoms with Crippen molar-refractivity contribution in [2.45, 2.75) is 13.3 Å². The molecule has 1 fully saturated rings. The minimum atomic E-state index is 0.0385. The predicted molar refractivity (Wildman–Crippen MR) is 54.3 cm³/mol. The minimum absolute atomic E-state index is 0.0385. The molecule has 0 saturated carbocycles. The first-order chi connectivity index (χ1) is 6.75. The summed E-state index contributed by atoms with van der Waals surface area (Å²) in [6.45, 7) is 1.54. The topological polar surface area (TPSA) is 26.3 Å². The summed E-state index contributed by atoms with van der Waals surface area (Å²) in [5.41, 5.74) is 0. The molecule has 0 N–H and O–H groups in total. The maximum Gasteiger partial charge on any atom is 0.155 e. The van der Waals surface area contributed by atoms with Crippen molar-refractivity contribution < 1.29 is 9.53 Å². The zero-order chi connectivity index (χ0) is 9.97. The van der Waals surface area contributed by atoms with Crippen LogP contribution in [0.25, 0.3) is 0 Å². The van der Waals surface area contributed by atoms with Gasteiger partial charge in [0.1, 0.15) is 11.5 Å². The lowest BCUT2D eigenvalue weighted by molar-refractivity contribution is -0.112. The second-order valence-electron chi connectivity index (χ2n) is 3.47. The number of hydrogen-bond acceptors (Lipinski definition) is 2. The largest absolute Gasteiger partial charge is 0.465 e. The third-order valence-electron chi connectivity index (χ3n) is 2.23. The molecule has 0 aromatic rings. The number of ether oxygens (including phenoxy) is 1. The molecule has 1 aliphatic carbocycles. The van der Waals surface area contributed by atoms with Crippen LogP contribution in [0.4, 0.5) is 0 Å². The van der Waals surface area contributed by atoms with Gasteiger partial charge in [-0.15, -0.1) is 0 Å². The average Bonchev–Trinajstić information content (AvgIpc) is 2.34. The van der Waals surface area contributed by atoms with Gasteiger partial charge in [-0.05, 0) is 13.0 Å². The number of ketones is 1. The minimum Gasteiger partial charge on any atom is -0.465 e. The average molecular weight is 188 g/mol. The molecular formula is C12H12O2. The summed E-state index contributed by atoms with van der Waals surface area (Å²) in [6.07, 6.45) is 12.3. The molecule has 2 heteroatoms. The first-order valence-electron chi connectivity index (χ1n) is 4.70. The predicted octanol–water partition coefficient (Wildman–Crippen LogP) is 2.51. The van der Waals surface area contributed by atoms with Gasteiger partial charge in [-0.1, -0.05) is 24.3 Å². The molecule has 1 atom stereocenters. The van der Waals surface area contributed by atoms with E-state index in [4.69, 9.17) is 4.74 Å². The smallest absolute Gasteiger partial charge is 0.155 e. The molecule has 14 heavy (non-hydrogen) atoms. The van der Waals surface area contributed by atoms with Crippen molar-refractivity contribution in [3.8, 4) is 0 Å². The van der Waals surface area contributed by atoms with E-state index in [0.29, 0.717) is 5.92 Å². The summed E-state index contributed by atoms with van der Waals surface area (Å²) < 4.78 is 5.56. The Labute approximate surface area is 83.3 Å². The molecule has 1 saturated heterocycles. The van der Waals surface area contributed by atoms with E-state index in [2.05, 4.69) is 6.08 Å². The van der Waals surface area contributed by atoms with Crippen LogP contribution in [0.1, 0.15) is 13.3 Å². The summed E-state index contributed by atoms with van der Waals surface area (Å²) in [6, 6.07) is 0. The molecule has 2 aliphatic rings. The fourth-order valence-corrected chi connectivity index (χ4v) is 1.63. The summed E-state index contributed by atoms with van der Waals surface area (Å²) >= 11 is 0. The lowest BCUT2D eigenvalue weighted by Gasteiger charge is -2.00. The highest BCUT2D eigenvalue weighted by molar-refractivity contribution is 5.87. The Bertz CT molecular complexity index is 370. The summed E-state index contributed by atoms with van der Waals surface area (Å²) in [5, 5.41) is 0. The Balaban J connectivity index is 2.21. The van der Waals surface area contributed by atoms with Crippen molar-refractivity contribution in [3.63, 3.8) is 0 Å². The van der Waals surface area contributed by atoms with Gasteiger partial charge in [0.15, 0.2) is 5.78 Å². The molecular weight excluding hydrogens is 176 g/mol. The highest BCUT2D eigenvalue weighted by atomic mass is 16.5. The lowest BCUT2D eigenvalue weighted by atomic mass is 10.0. The van der Waals surface area contributed by atoms with E-state index < -0.39 is 0 Å². The first-order valence-corrected chi connectivity index (χ1v) is 4.70. The molecule has 0 radical (unpaired) electrons. The maximum absolute atomic E-state index is 10.9. The Morgan fingerprint density at radius 3 is 3.14 bits per heavy atom. The monoisotopic (exact) mass is 188 g/mol. The second kappa shape index (κ2) is 3.66. The fourth-order valence-electron chi connectivity index (χ4n) is 1.63. The van der Waals surface area contributed by atoms with Gasteiger partial charge < -0.3 is 4.74 Å². The van der Waals surface area contributed by atoms with Crippen LogP contribution in [0.3, 0.4) is 0 Å².